The fraction of sp³-hybridized carbons (Fsp3) is 0.357. The van der Waals surface area contributed by atoms with Gasteiger partial charge in [0.15, 0.2) is 0 Å². The van der Waals surface area contributed by atoms with Crippen LogP contribution < -0.4 is 4.74 Å². The summed E-state index contributed by atoms with van der Waals surface area (Å²) >= 11 is 6.05. The quantitative estimate of drug-likeness (QED) is 0.793. The normalized spacial score (nSPS) is 12.6. The first-order valence-corrected chi connectivity index (χ1v) is 6.28. The van der Waals surface area contributed by atoms with Crippen LogP contribution >= 0.6 is 11.6 Å². The molecule has 1 aromatic rings. The first kappa shape index (κ1) is 14.6. The molecule has 1 rings (SSSR count). The fourth-order valence-electron chi connectivity index (χ4n) is 1.62. The van der Waals surface area contributed by atoms with E-state index in [9.17, 15) is 4.79 Å². The molecule has 0 aliphatic carbocycles. The molecule has 4 heteroatoms. The SMILES string of the molecule is CCCC(C)Oc1cccc(Cl)c1/C=C/C(=O)O. The molecule has 98 valence electrons. The third-order valence-electron chi connectivity index (χ3n) is 2.43. The number of ether oxygens (including phenoxy) is 1. The molecule has 3 nitrogen and oxygen atoms in total. The number of hydrogen-bond acceptors (Lipinski definition) is 2. The molecule has 0 saturated carbocycles. The number of rotatable bonds is 6. The summed E-state index contributed by atoms with van der Waals surface area (Å²) in [6, 6.07) is 5.29. The largest absolute Gasteiger partial charge is 0.490 e. The Balaban J connectivity index is 2.96. The molecule has 0 amide bonds. The van der Waals surface area contributed by atoms with Crippen LogP contribution in [0, 0.1) is 0 Å². The summed E-state index contributed by atoms with van der Waals surface area (Å²) in [5.74, 6) is -0.400. The summed E-state index contributed by atoms with van der Waals surface area (Å²) < 4.78 is 5.77. The summed E-state index contributed by atoms with van der Waals surface area (Å²) in [6.07, 6.45) is 4.55. The third-order valence-corrected chi connectivity index (χ3v) is 2.76. The first-order valence-electron chi connectivity index (χ1n) is 5.90. The number of aliphatic carboxylic acids is 1. The highest BCUT2D eigenvalue weighted by molar-refractivity contribution is 6.32. The second kappa shape index (κ2) is 7.07. The van der Waals surface area contributed by atoms with Crippen molar-refractivity contribution in [3.63, 3.8) is 0 Å². The van der Waals surface area contributed by atoms with Gasteiger partial charge in [0, 0.05) is 11.6 Å². The maximum atomic E-state index is 10.5. The van der Waals surface area contributed by atoms with Crippen molar-refractivity contribution >= 4 is 23.6 Å². The van der Waals surface area contributed by atoms with Crippen LogP contribution in [0.15, 0.2) is 24.3 Å². The van der Waals surface area contributed by atoms with E-state index in [1.807, 2.05) is 6.92 Å². The zero-order valence-corrected chi connectivity index (χ0v) is 11.3. The van der Waals surface area contributed by atoms with E-state index in [0.717, 1.165) is 18.9 Å². The minimum absolute atomic E-state index is 0.0745. The fourth-order valence-corrected chi connectivity index (χ4v) is 1.85. The number of carbonyl (C=O) groups is 1. The highest BCUT2D eigenvalue weighted by Gasteiger charge is 2.09. The zero-order chi connectivity index (χ0) is 13.5. The van der Waals surface area contributed by atoms with E-state index in [2.05, 4.69) is 6.92 Å². The van der Waals surface area contributed by atoms with Crippen molar-refractivity contribution in [1.82, 2.24) is 0 Å². The van der Waals surface area contributed by atoms with Crippen LogP contribution in [0.2, 0.25) is 5.02 Å². The molecule has 0 spiro atoms. The lowest BCUT2D eigenvalue weighted by molar-refractivity contribution is -0.131. The minimum atomic E-state index is -1.01. The van der Waals surface area contributed by atoms with Gasteiger partial charge in [-0.2, -0.15) is 0 Å². The second-order valence-corrected chi connectivity index (χ2v) is 4.45. The van der Waals surface area contributed by atoms with E-state index in [1.165, 1.54) is 6.08 Å². The lowest BCUT2D eigenvalue weighted by atomic mass is 10.1. The summed E-state index contributed by atoms with van der Waals surface area (Å²) in [5, 5.41) is 9.13. The molecule has 0 saturated heterocycles. The van der Waals surface area contributed by atoms with Crippen LogP contribution in [0.25, 0.3) is 6.08 Å². The molecule has 1 atom stereocenters. The van der Waals surface area contributed by atoms with Gasteiger partial charge in [0.2, 0.25) is 0 Å². The van der Waals surface area contributed by atoms with Gasteiger partial charge in [0.05, 0.1) is 11.1 Å². The summed E-state index contributed by atoms with van der Waals surface area (Å²) in [6.45, 7) is 4.07. The van der Waals surface area contributed by atoms with Crippen molar-refractivity contribution in [3.8, 4) is 5.75 Å². The molecule has 0 aromatic heterocycles. The monoisotopic (exact) mass is 268 g/mol. The standard InChI is InChI=1S/C14H17ClO3/c1-3-5-10(2)18-13-7-4-6-12(15)11(13)8-9-14(16)17/h4,6-10H,3,5H2,1-2H3,(H,16,17)/b9-8+. The predicted molar refractivity (Wildman–Crippen MR) is 73.1 cm³/mol. The number of carboxylic acids is 1. The number of carboxylic acid groups (broad SMARTS) is 1. The average Bonchev–Trinajstić information content (AvgIpc) is 2.28. The Morgan fingerprint density at radius 1 is 1.56 bits per heavy atom. The maximum Gasteiger partial charge on any atom is 0.328 e. The van der Waals surface area contributed by atoms with Gasteiger partial charge in [-0.25, -0.2) is 4.79 Å². The summed E-state index contributed by atoms with van der Waals surface area (Å²) in [7, 11) is 0. The first-order chi connectivity index (χ1) is 8.54. The Hall–Kier alpha value is -1.48. The van der Waals surface area contributed by atoms with Gasteiger partial charge in [0.25, 0.3) is 0 Å². The molecule has 0 heterocycles. The van der Waals surface area contributed by atoms with Crippen LogP contribution in [0.4, 0.5) is 0 Å². The van der Waals surface area contributed by atoms with Gasteiger partial charge in [-0.05, 0) is 31.6 Å². The second-order valence-electron chi connectivity index (χ2n) is 4.04. The molecule has 0 fully saturated rings. The van der Waals surface area contributed by atoms with E-state index in [4.69, 9.17) is 21.4 Å². The molecular formula is C14H17ClO3. The molecule has 18 heavy (non-hydrogen) atoms. The summed E-state index contributed by atoms with van der Waals surface area (Å²) in [4.78, 5) is 10.5. The van der Waals surface area contributed by atoms with Crippen LogP contribution in [-0.2, 0) is 4.79 Å². The Morgan fingerprint density at radius 3 is 2.89 bits per heavy atom. The number of benzene rings is 1. The van der Waals surface area contributed by atoms with Crippen LogP contribution in [0.1, 0.15) is 32.3 Å². The molecule has 1 aromatic carbocycles. The number of hydrogen-bond donors (Lipinski definition) is 1. The molecule has 1 unspecified atom stereocenters. The predicted octanol–water partition coefficient (Wildman–Crippen LogP) is 4.01. The van der Waals surface area contributed by atoms with Crippen molar-refractivity contribution in [1.29, 1.82) is 0 Å². The van der Waals surface area contributed by atoms with Gasteiger partial charge < -0.3 is 9.84 Å². The minimum Gasteiger partial charge on any atom is -0.490 e. The number of halogens is 1. The van der Waals surface area contributed by atoms with E-state index in [1.54, 1.807) is 18.2 Å². The van der Waals surface area contributed by atoms with Gasteiger partial charge in [0.1, 0.15) is 5.75 Å². The van der Waals surface area contributed by atoms with Crippen molar-refractivity contribution < 1.29 is 14.6 Å². The average molecular weight is 269 g/mol. The highest BCUT2D eigenvalue weighted by Crippen LogP contribution is 2.29. The lowest BCUT2D eigenvalue weighted by Gasteiger charge is -2.16. The lowest BCUT2D eigenvalue weighted by Crippen LogP contribution is -2.11. The maximum absolute atomic E-state index is 10.5. The van der Waals surface area contributed by atoms with E-state index < -0.39 is 5.97 Å². The topological polar surface area (TPSA) is 46.5 Å². The van der Waals surface area contributed by atoms with Crippen LogP contribution in [0.3, 0.4) is 0 Å². The zero-order valence-electron chi connectivity index (χ0n) is 10.5. The van der Waals surface area contributed by atoms with Gasteiger partial charge in [-0.15, -0.1) is 0 Å². The van der Waals surface area contributed by atoms with Gasteiger partial charge in [-0.1, -0.05) is 31.0 Å². The van der Waals surface area contributed by atoms with E-state index >= 15 is 0 Å². The molecular weight excluding hydrogens is 252 g/mol. The highest BCUT2D eigenvalue weighted by atomic mass is 35.5. The van der Waals surface area contributed by atoms with Gasteiger partial charge in [-0.3, -0.25) is 0 Å². The van der Waals surface area contributed by atoms with E-state index in [-0.39, 0.29) is 6.10 Å². The van der Waals surface area contributed by atoms with Crippen LogP contribution in [0.5, 0.6) is 5.75 Å². The smallest absolute Gasteiger partial charge is 0.328 e. The molecule has 0 aliphatic rings. The third kappa shape index (κ3) is 4.41. The van der Waals surface area contributed by atoms with E-state index in [0.29, 0.717) is 16.3 Å². The van der Waals surface area contributed by atoms with Crippen molar-refractivity contribution in [2.24, 2.45) is 0 Å². The molecule has 1 N–H and O–H groups in total. The van der Waals surface area contributed by atoms with Crippen molar-refractivity contribution in [2.45, 2.75) is 32.8 Å². The Labute approximate surface area is 112 Å². The molecule has 0 bridgehead atoms. The molecule has 0 radical (unpaired) electrons. The molecule has 0 aliphatic heterocycles. The van der Waals surface area contributed by atoms with Crippen molar-refractivity contribution in [2.75, 3.05) is 0 Å². The Kier molecular flexibility index (Phi) is 5.72. The Morgan fingerprint density at radius 2 is 2.28 bits per heavy atom. The van der Waals surface area contributed by atoms with Crippen molar-refractivity contribution in [3.05, 3.63) is 34.9 Å². The van der Waals surface area contributed by atoms with Crippen LogP contribution in [-0.4, -0.2) is 17.2 Å². The van der Waals surface area contributed by atoms with Gasteiger partial charge >= 0.3 is 5.97 Å². The summed E-state index contributed by atoms with van der Waals surface area (Å²) in [5.41, 5.74) is 0.601. The Bertz CT molecular complexity index is 441.